The molecule has 3 N–H and O–H groups in total. The van der Waals surface area contributed by atoms with Crippen molar-refractivity contribution in [1.82, 2.24) is 0 Å². The van der Waals surface area contributed by atoms with E-state index < -0.39 is 23.6 Å². The fourth-order valence-corrected chi connectivity index (χ4v) is 2.61. The number of carbonyl (C=O) groups is 1. The Balaban J connectivity index is 2.50. The Morgan fingerprint density at radius 3 is 2.78 bits per heavy atom. The van der Waals surface area contributed by atoms with Crippen molar-refractivity contribution < 1.29 is 18.7 Å². The van der Waals surface area contributed by atoms with E-state index >= 15 is 0 Å². The molecule has 1 aromatic carbocycles. The predicted molar refractivity (Wildman–Crippen MR) is 70.4 cm³/mol. The molecule has 0 aliphatic rings. The van der Waals surface area contributed by atoms with Crippen molar-refractivity contribution in [3.63, 3.8) is 0 Å². The van der Waals surface area contributed by atoms with Crippen LogP contribution in [0.1, 0.15) is 12.0 Å². The van der Waals surface area contributed by atoms with E-state index in [0.29, 0.717) is 5.75 Å². The molecule has 0 aromatic heterocycles. The van der Waals surface area contributed by atoms with Gasteiger partial charge in [0.15, 0.2) is 0 Å². The zero-order valence-corrected chi connectivity index (χ0v) is 11.7. The van der Waals surface area contributed by atoms with Gasteiger partial charge >= 0.3 is 5.97 Å². The van der Waals surface area contributed by atoms with Gasteiger partial charge in [-0.3, -0.25) is 4.79 Å². The lowest BCUT2D eigenvalue weighted by molar-refractivity contribution is -0.138. The molecule has 3 nitrogen and oxygen atoms in total. The summed E-state index contributed by atoms with van der Waals surface area (Å²) >= 11 is 4.23. The third kappa shape index (κ3) is 4.22. The molecule has 0 amide bonds. The minimum absolute atomic E-state index is 0.0155. The lowest BCUT2D eigenvalue weighted by Crippen LogP contribution is -2.30. The summed E-state index contributed by atoms with van der Waals surface area (Å²) in [5.41, 5.74) is 5.30. The fourth-order valence-electron chi connectivity index (χ4n) is 1.21. The van der Waals surface area contributed by atoms with Crippen molar-refractivity contribution >= 4 is 33.7 Å². The van der Waals surface area contributed by atoms with Crippen LogP contribution < -0.4 is 5.73 Å². The summed E-state index contributed by atoms with van der Waals surface area (Å²) in [6.45, 7) is 0. The van der Waals surface area contributed by atoms with Crippen LogP contribution >= 0.6 is 27.7 Å². The molecule has 0 saturated carbocycles. The van der Waals surface area contributed by atoms with E-state index in [9.17, 15) is 13.6 Å². The summed E-state index contributed by atoms with van der Waals surface area (Å²) in [7, 11) is 0. The zero-order valence-electron chi connectivity index (χ0n) is 9.33. The summed E-state index contributed by atoms with van der Waals surface area (Å²) in [6, 6.07) is 1.56. The maximum absolute atomic E-state index is 13.6. The molecule has 0 saturated heterocycles. The lowest BCUT2D eigenvalue weighted by atomic mass is 10.2. The van der Waals surface area contributed by atoms with Crippen molar-refractivity contribution in [3.8, 4) is 0 Å². The molecule has 1 aromatic rings. The second-order valence-corrected chi connectivity index (χ2v) is 5.57. The molecule has 7 heteroatoms. The highest BCUT2D eigenvalue weighted by Crippen LogP contribution is 2.25. The monoisotopic (exact) mass is 339 g/mol. The number of rotatable bonds is 6. The first kappa shape index (κ1) is 15.4. The van der Waals surface area contributed by atoms with Crippen LogP contribution in [-0.4, -0.2) is 22.9 Å². The molecule has 0 bridgehead atoms. The molecule has 100 valence electrons. The van der Waals surface area contributed by atoms with Gasteiger partial charge in [-0.15, -0.1) is 0 Å². The maximum Gasteiger partial charge on any atom is 0.320 e. The Kier molecular flexibility index (Phi) is 6.04. The third-order valence-electron chi connectivity index (χ3n) is 2.28. The van der Waals surface area contributed by atoms with Gasteiger partial charge in [0.2, 0.25) is 0 Å². The van der Waals surface area contributed by atoms with Gasteiger partial charge in [-0.05, 0) is 40.2 Å². The summed E-state index contributed by atoms with van der Waals surface area (Å²) in [5.74, 6) is -1.73. The van der Waals surface area contributed by atoms with Gasteiger partial charge in [-0.1, -0.05) is 0 Å². The lowest BCUT2D eigenvalue weighted by Gasteiger charge is -2.08. The van der Waals surface area contributed by atoms with Crippen LogP contribution in [0.5, 0.6) is 0 Å². The maximum atomic E-state index is 13.6. The van der Waals surface area contributed by atoms with Crippen molar-refractivity contribution in [3.05, 3.63) is 33.8 Å². The van der Waals surface area contributed by atoms with Gasteiger partial charge in [0, 0.05) is 11.3 Å². The normalized spacial score (nSPS) is 12.4. The van der Waals surface area contributed by atoms with Gasteiger partial charge in [0.25, 0.3) is 0 Å². The van der Waals surface area contributed by atoms with Gasteiger partial charge in [0.1, 0.15) is 17.7 Å². The third-order valence-corrected chi connectivity index (χ3v) is 3.91. The first-order chi connectivity index (χ1) is 8.43. The minimum Gasteiger partial charge on any atom is -0.480 e. The first-order valence-corrected chi connectivity index (χ1v) is 7.06. The summed E-state index contributed by atoms with van der Waals surface area (Å²) in [5, 5.41) is 8.56. The highest BCUT2D eigenvalue weighted by Gasteiger charge is 2.14. The molecule has 0 aliphatic heterocycles. The largest absolute Gasteiger partial charge is 0.480 e. The molecule has 1 rings (SSSR count). The van der Waals surface area contributed by atoms with Crippen molar-refractivity contribution in [1.29, 1.82) is 0 Å². The Morgan fingerprint density at radius 1 is 1.50 bits per heavy atom. The number of carboxylic acid groups (broad SMARTS) is 1. The van der Waals surface area contributed by atoms with Crippen LogP contribution in [0.15, 0.2) is 16.6 Å². The van der Waals surface area contributed by atoms with Crippen molar-refractivity contribution in [2.75, 3.05) is 5.75 Å². The summed E-state index contributed by atoms with van der Waals surface area (Å²) in [6.07, 6.45) is 0.261. The van der Waals surface area contributed by atoms with Gasteiger partial charge < -0.3 is 10.8 Å². The molecule has 18 heavy (non-hydrogen) atoms. The fraction of sp³-hybridized carbons (Fsp3) is 0.364. The Hall–Kier alpha value is -0.660. The predicted octanol–water partition coefficient (Wildman–Crippen LogP) is 2.76. The number of carboxylic acids is 1. The standard InChI is InChI=1S/C11H12BrF2NO2S/c12-7-1-2-8(13)6(10(7)14)5-18-4-3-9(15)11(16)17/h1-2,9H,3-5,15H2,(H,16,17). The molecule has 0 spiro atoms. The number of aliphatic carboxylic acids is 1. The van der Waals surface area contributed by atoms with Crippen LogP contribution in [0.3, 0.4) is 0 Å². The summed E-state index contributed by atoms with van der Waals surface area (Å²) < 4.78 is 27.1. The Bertz CT molecular complexity index is 445. The summed E-state index contributed by atoms with van der Waals surface area (Å²) in [4.78, 5) is 10.5. The van der Waals surface area contributed by atoms with Gasteiger partial charge in [0.05, 0.1) is 4.47 Å². The number of nitrogens with two attached hydrogens (primary N) is 1. The molecular weight excluding hydrogens is 328 g/mol. The number of hydrogen-bond acceptors (Lipinski definition) is 3. The minimum atomic E-state index is -1.07. The molecule has 0 aliphatic carbocycles. The molecule has 0 fully saturated rings. The SMILES string of the molecule is NC(CCSCc1c(F)ccc(Br)c1F)C(=O)O. The van der Waals surface area contributed by atoms with Gasteiger partial charge in [-0.2, -0.15) is 11.8 Å². The van der Waals surface area contributed by atoms with Crippen LogP contribution in [0.4, 0.5) is 8.78 Å². The van der Waals surface area contributed by atoms with E-state index in [1.165, 1.54) is 23.9 Å². The Morgan fingerprint density at radius 2 is 2.17 bits per heavy atom. The molecular formula is C11H12BrF2NO2S. The first-order valence-electron chi connectivity index (χ1n) is 5.12. The van der Waals surface area contributed by atoms with Crippen molar-refractivity contribution in [2.24, 2.45) is 5.73 Å². The quantitative estimate of drug-likeness (QED) is 0.617. The molecule has 0 heterocycles. The van der Waals surface area contributed by atoms with E-state index in [-0.39, 0.29) is 22.2 Å². The van der Waals surface area contributed by atoms with E-state index in [1.54, 1.807) is 0 Å². The highest BCUT2D eigenvalue weighted by molar-refractivity contribution is 9.10. The Labute approximate surface area is 116 Å². The smallest absolute Gasteiger partial charge is 0.320 e. The number of benzene rings is 1. The van der Waals surface area contributed by atoms with Crippen molar-refractivity contribution in [2.45, 2.75) is 18.2 Å². The van der Waals surface area contributed by atoms with Crippen LogP contribution in [0, 0.1) is 11.6 Å². The topological polar surface area (TPSA) is 63.3 Å². The van der Waals surface area contributed by atoms with E-state index in [1.807, 2.05) is 0 Å². The number of hydrogen-bond donors (Lipinski definition) is 2. The van der Waals surface area contributed by atoms with Crippen LogP contribution in [0.2, 0.25) is 0 Å². The highest BCUT2D eigenvalue weighted by atomic mass is 79.9. The number of halogens is 3. The molecule has 0 radical (unpaired) electrons. The average molecular weight is 340 g/mol. The van der Waals surface area contributed by atoms with Gasteiger partial charge in [-0.25, -0.2) is 8.78 Å². The van der Waals surface area contributed by atoms with Crippen LogP contribution in [0.25, 0.3) is 0 Å². The molecule has 1 unspecified atom stereocenters. The van der Waals surface area contributed by atoms with E-state index in [2.05, 4.69) is 15.9 Å². The zero-order chi connectivity index (χ0) is 13.7. The average Bonchev–Trinajstić information content (AvgIpc) is 2.32. The van der Waals surface area contributed by atoms with Crippen LogP contribution in [-0.2, 0) is 10.5 Å². The second kappa shape index (κ2) is 7.06. The van der Waals surface area contributed by atoms with E-state index in [4.69, 9.17) is 10.8 Å². The number of thioether (sulfide) groups is 1. The molecule has 1 atom stereocenters. The second-order valence-electron chi connectivity index (χ2n) is 3.61. The van der Waals surface area contributed by atoms with E-state index in [0.717, 1.165) is 0 Å².